The van der Waals surface area contributed by atoms with Gasteiger partial charge in [-0.15, -0.1) is 0 Å². The summed E-state index contributed by atoms with van der Waals surface area (Å²) in [6, 6.07) is 26.1. The van der Waals surface area contributed by atoms with Crippen LogP contribution in [0.4, 0.5) is 5.69 Å². The molecule has 0 bridgehead atoms. The standard InChI is InChI=1S/C36H39N7O3/c44-33(41-22-29-20-39(21-30(29)23-41)19-26-7-3-1-4-8-26)24-42-25-43(31-9-5-2-6-10-31)36(35(42)46)13-15-40(16-14-36)34(45)27-11-12-32-28(17-27)18-37-38-32/h1-12,17-18,29-30H,13-16,19-25H2,(H,37,38)/t29-,30+. The molecule has 1 N–H and O–H groups in total. The number of hydrogen-bond donors (Lipinski definition) is 1. The van der Waals surface area contributed by atoms with Crippen molar-refractivity contribution in [2.24, 2.45) is 11.8 Å². The molecule has 3 amide bonds. The topological polar surface area (TPSA) is 96.1 Å². The lowest BCUT2D eigenvalue weighted by atomic mass is 9.85. The maximum atomic E-state index is 14.3. The summed E-state index contributed by atoms with van der Waals surface area (Å²) in [5, 5.41) is 7.89. The minimum Gasteiger partial charge on any atom is -0.340 e. The minimum atomic E-state index is -0.785. The third kappa shape index (κ3) is 5.10. The van der Waals surface area contributed by atoms with Gasteiger partial charge in [-0.3, -0.25) is 24.4 Å². The number of aromatic amines is 1. The van der Waals surface area contributed by atoms with Crippen molar-refractivity contribution in [3.05, 3.63) is 96.2 Å². The number of benzene rings is 3. The Kier molecular flexibility index (Phi) is 7.24. The second kappa shape index (κ2) is 11.6. The van der Waals surface area contributed by atoms with Gasteiger partial charge in [0.05, 0.1) is 18.4 Å². The highest BCUT2D eigenvalue weighted by atomic mass is 16.2. The molecule has 5 heterocycles. The molecule has 1 aromatic heterocycles. The van der Waals surface area contributed by atoms with E-state index >= 15 is 0 Å². The molecule has 0 saturated carbocycles. The van der Waals surface area contributed by atoms with Gasteiger partial charge >= 0.3 is 0 Å². The van der Waals surface area contributed by atoms with Gasteiger partial charge in [-0.25, -0.2) is 0 Å². The van der Waals surface area contributed by atoms with Crippen LogP contribution in [0.2, 0.25) is 0 Å². The quantitative estimate of drug-likeness (QED) is 0.356. The van der Waals surface area contributed by atoms with E-state index in [1.165, 1.54) is 5.56 Å². The lowest BCUT2D eigenvalue weighted by Crippen LogP contribution is -2.57. The molecule has 4 aliphatic rings. The van der Waals surface area contributed by atoms with Gasteiger partial charge in [-0.2, -0.15) is 5.10 Å². The van der Waals surface area contributed by atoms with E-state index in [4.69, 9.17) is 0 Å². The number of H-pyrrole nitrogens is 1. The van der Waals surface area contributed by atoms with E-state index in [1.807, 2.05) is 64.4 Å². The number of rotatable bonds is 6. The van der Waals surface area contributed by atoms with Crippen molar-refractivity contribution in [2.75, 3.05) is 57.4 Å². The van der Waals surface area contributed by atoms with Crippen LogP contribution in [0, 0.1) is 11.8 Å². The third-order valence-electron chi connectivity index (χ3n) is 10.6. The molecule has 4 fully saturated rings. The van der Waals surface area contributed by atoms with E-state index in [0.29, 0.717) is 50.0 Å². The Morgan fingerprint density at radius 3 is 2.26 bits per heavy atom. The van der Waals surface area contributed by atoms with Crippen LogP contribution >= 0.6 is 0 Å². The fourth-order valence-electron chi connectivity index (χ4n) is 8.19. The average molecular weight is 618 g/mol. The van der Waals surface area contributed by atoms with Crippen LogP contribution in [0.5, 0.6) is 0 Å². The Labute approximate surface area is 268 Å². The second-order valence-corrected chi connectivity index (χ2v) is 13.4. The largest absolute Gasteiger partial charge is 0.340 e. The minimum absolute atomic E-state index is 0.00922. The van der Waals surface area contributed by atoms with Crippen molar-refractivity contribution in [1.29, 1.82) is 0 Å². The monoisotopic (exact) mass is 617 g/mol. The van der Waals surface area contributed by atoms with Crippen molar-refractivity contribution in [3.8, 4) is 0 Å². The molecule has 10 heteroatoms. The number of para-hydroxylation sites is 1. The first kappa shape index (κ1) is 28.8. The number of nitrogens with one attached hydrogen (secondary N) is 1. The number of anilines is 1. The number of fused-ring (bicyclic) bond motifs is 2. The van der Waals surface area contributed by atoms with E-state index in [2.05, 4.69) is 44.3 Å². The fraction of sp³-hybridized carbons (Fsp3) is 0.389. The highest BCUT2D eigenvalue weighted by Gasteiger charge is 2.55. The predicted octanol–water partition coefficient (Wildman–Crippen LogP) is 3.43. The number of aromatic nitrogens is 2. The number of carbonyl (C=O) groups excluding carboxylic acids is 3. The predicted molar refractivity (Wildman–Crippen MR) is 175 cm³/mol. The van der Waals surface area contributed by atoms with E-state index in [0.717, 1.165) is 49.3 Å². The smallest absolute Gasteiger partial charge is 0.253 e. The lowest BCUT2D eigenvalue weighted by Gasteiger charge is -2.43. The highest BCUT2D eigenvalue weighted by Crippen LogP contribution is 2.40. The first-order chi connectivity index (χ1) is 22.5. The molecule has 4 saturated heterocycles. The zero-order chi connectivity index (χ0) is 31.3. The number of piperidine rings is 1. The van der Waals surface area contributed by atoms with Crippen LogP contribution in [0.3, 0.4) is 0 Å². The number of carbonyl (C=O) groups is 3. The van der Waals surface area contributed by atoms with Crippen molar-refractivity contribution >= 4 is 34.3 Å². The molecule has 4 aromatic rings. The maximum absolute atomic E-state index is 14.3. The molecule has 4 aliphatic heterocycles. The summed E-state index contributed by atoms with van der Waals surface area (Å²) in [5.41, 5.74) is 3.01. The van der Waals surface area contributed by atoms with Gasteiger partial charge in [0.25, 0.3) is 11.8 Å². The van der Waals surface area contributed by atoms with Gasteiger partial charge in [-0.05, 0) is 60.6 Å². The molecule has 3 aromatic carbocycles. The van der Waals surface area contributed by atoms with Crippen LogP contribution in [-0.2, 0) is 16.1 Å². The zero-order valence-electron chi connectivity index (χ0n) is 25.9. The van der Waals surface area contributed by atoms with E-state index in [-0.39, 0.29) is 24.3 Å². The number of nitrogens with zero attached hydrogens (tertiary/aromatic N) is 6. The Balaban J connectivity index is 0.934. The van der Waals surface area contributed by atoms with Crippen molar-refractivity contribution in [2.45, 2.75) is 24.9 Å². The number of hydrogen-bond acceptors (Lipinski definition) is 6. The molecule has 236 valence electrons. The molecule has 0 unspecified atom stereocenters. The molecule has 0 aliphatic carbocycles. The summed E-state index contributed by atoms with van der Waals surface area (Å²) in [4.78, 5) is 51.7. The Hall–Kier alpha value is -4.70. The molecule has 0 radical (unpaired) electrons. The lowest BCUT2D eigenvalue weighted by molar-refractivity contribution is -0.140. The van der Waals surface area contributed by atoms with Crippen LogP contribution in [0.1, 0.15) is 28.8 Å². The Morgan fingerprint density at radius 1 is 0.848 bits per heavy atom. The van der Waals surface area contributed by atoms with Gasteiger partial charge in [0.1, 0.15) is 12.1 Å². The molecule has 46 heavy (non-hydrogen) atoms. The van der Waals surface area contributed by atoms with Gasteiger partial charge in [0, 0.05) is 62.5 Å². The van der Waals surface area contributed by atoms with Crippen LogP contribution < -0.4 is 4.90 Å². The summed E-state index contributed by atoms with van der Waals surface area (Å²) >= 11 is 0. The summed E-state index contributed by atoms with van der Waals surface area (Å²) in [7, 11) is 0. The molecule has 1 spiro atoms. The van der Waals surface area contributed by atoms with E-state index < -0.39 is 5.54 Å². The number of amides is 3. The van der Waals surface area contributed by atoms with Gasteiger partial charge < -0.3 is 19.6 Å². The van der Waals surface area contributed by atoms with Crippen molar-refractivity contribution < 1.29 is 14.4 Å². The summed E-state index contributed by atoms with van der Waals surface area (Å²) in [6.07, 6.45) is 2.74. The van der Waals surface area contributed by atoms with Gasteiger partial charge in [0.15, 0.2) is 0 Å². The van der Waals surface area contributed by atoms with Gasteiger partial charge in [-0.1, -0.05) is 48.5 Å². The average Bonchev–Trinajstić information content (AvgIpc) is 3.86. The second-order valence-electron chi connectivity index (χ2n) is 13.4. The van der Waals surface area contributed by atoms with E-state index in [1.54, 1.807) is 11.1 Å². The van der Waals surface area contributed by atoms with Gasteiger partial charge in [0.2, 0.25) is 5.91 Å². The van der Waals surface area contributed by atoms with Crippen molar-refractivity contribution in [1.82, 2.24) is 29.8 Å². The Morgan fingerprint density at radius 2 is 1.54 bits per heavy atom. The highest BCUT2D eigenvalue weighted by molar-refractivity contribution is 5.99. The maximum Gasteiger partial charge on any atom is 0.253 e. The zero-order valence-corrected chi connectivity index (χ0v) is 25.9. The first-order valence-corrected chi connectivity index (χ1v) is 16.4. The number of likely N-dealkylation sites (tertiary alicyclic amines) is 3. The molecule has 8 rings (SSSR count). The van der Waals surface area contributed by atoms with Crippen molar-refractivity contribution in [3.63, 3.8) is 0 Å². The third-order valence-corrected chi connectivity index (χ3v) is 10.6. The SMILES string of the molecule is O=C(CN1CN(c2ccccc2)C2(CCN(C(=O)c3ccc4[nH]ncc4c3)CC2)C1=O)N1C[C@H]2CN(Cc3ccccc3)C[C@H]2C1. The van der Waals surface area contributed by atoms with Crippen LogP contribution in [-0.4, -0.2) is 106 Å². The summed E-state index contributed by atoms with van der Waals surface area (Å²) in [5.74, 6) is 0.939. The molecular weight excluding hydrogens is 578 g/mol. The van der Waals surface area contributed by atoms with Crippen LogP contribution in [0.15, 0.2) is 85.1 Å². The summed E-state index contributed by atoms with van der Waals surface area (Å²) in [6.45, 7) is 5.85. The summed E-state index contributed by atoms with van der Waals surface area (Å²) < 4.78 is 0. The van der Waals surface area contributed by atoms with E-state index in [9.17, 15) is 14.4 Å². The fourth-order valence-corrected chi connectivity index (χ4v) is 8.19. The van der Waals surface area contributed by atoms with Crippen LogP contribution in [0.25, 0.3) is 10.9 Å². The Bertz CT molecular complexity index is 1740. The molecule has 2 atom stereocenters. The molecule has 10 nitrogen and oxygen atoms in total. The first-order valence-electron chi connectivity index (χ1n) is 16.4. The normalized spacial score (nSPS) is 22.7. The molecular formula is C36H39N7O3.